The van der Waals surface area contributed by atoms with Gasteiger partial charge < -0.3 is 9.14 Å². The molecule has 20 heavy (non-hydrogen) atoms. The minimum Gasteiger partial charge on any atom is -0.487 e. The quantitative estimate of drug-likeness (QED) is 0.685. The van der Waals surface area contributed by atoms with Crippen LogP contribution in [0.5, 0.6) is 5.75 Å². The second kappa shape index (κ2) is 5.13. The van der Waals surface area contributed by atoms with Gasteiger partial charge in [0.1, 0.15) is 30.1 Å². The minimum absolute atomic E-state index is 0.212. The summed E-state index contributed by atoms with van der Waals surface area (Å²) in [6.45, 7) is 0.212. The maximum absolute atomic E-state index is 13.2. The van der Waals surface area contributed by atoms with Crippen molar-refractivity contribution in [2.45, 2.75) is 6.61 Å². The lowest BCUT2D eigenvalue weighted by Gasteiger charge is -2.04. The van der Waals surface area contributed by atoms with E-state index >= 15 is 0 Å². The molecule has 0 aliphatic heterocycles. The van der Waals surface area contributed by atoms with E-state index in [0.717, 1.165) is 17.4 Å². The van der Waals surface area contributed by atoms with Gasteiger partial charge in [-0.15, -0.1) is 0 Å². The number of fused-ring (bicyclic) bond motifs is 1. The molecule has 5 heteroatoms. The Labute approximate surface area is 114 Å². The largest absolute Gasteiger partial charge is 0.487 e. The number of benzene rings is 1. The summed E-state index contributed by atoms with van der Waals surface area (Å²) < 4.78 is 20.6. The highest BCUT2D eigenvalue weighted by molar-refractivity contribution is 5.75. The van der Waals surface area contributed by atoms with Crippen molar-refractivity contribution < 1.29 is 13.9 Å². The summed E-state index contributed by atoms with van der Waals surface area (Å²) in [5.74, 6) is -0.191. The molecule has 100 valence electrons. The Bertz CT molecular complexity index is 734. The van der Waals surface area contributed by atoms with E-state index in [4.69, 9.17) is 4.74 Å². The van der Waals surface area contributed by atoms with Crippen molar-refractivity contribution in [1.29, 1.82) is 0 Å². The Hall–Kier alpha value is -2.69. The van der Waals surface area contributed by atoms with Crippen molar-refractivity contribution in [2.75, 3.05) is 0 Å². The van der Waals surface area contributed by atoms with E-state index in [9.17, 15) is 9.18 Å². The number of nitrogens with zero attached hydrogens (tertiary/aromatic N) is 2. The third-order valence-corrected chi connectivity index (χ3v) is 2.83. The molecule has 4 nitrogen and oxygen atoms in total. The molecule has 0 atom stereocenters. The van der Waals surface area contributed by atoms with Gasteiger partial charge >= 0.3 is 0 Å². The highest BCUT2D eigenvalue weighted by Crippen LogP contribution is 2.17. The highest BCUT2D eigenvalue weighted by atomic mass is 19.1. The normalized spacial score (nSPS) is 10.7. The average Bonchev–Trinajstić information content (AvgIpc) is 2.87. The van der Waals surface area contributed by atoms with Gasteiger partial charge in [-0.25, -0.2) is 9.37 Å². The van der Waals surface area contributed by atoms with E-state index in [1.807, 2.05) is 35.0 Å². The van der Waals surface area contributed by atoms with E-state index in [0.29, 0.717) is 12.0 Å². The second-order valence-corrected chi connectivity index (χ2v) is 4.33. The molecule has 0 N–H and O–H groups in total. The van der Waals surface area contributed by atoms with E-state index in [1.54, 1.807) is 0 Å². The zero-order chi connectivity index (χ0) is 13.9. The summed E-state index contributed by atoms with van der Waals surface area (Å²) in [5.41, 5.74) is 1.79. The lowest BCUT2D eigenvalue weighted by Crippen LogP contribution is -1.97. The van der Waals surface area contributed by atoms with Crippen LogP contribution >= 0.6 is 0 Å². The SMILES string of the molecule is O=Cc1cc(F)cc(OCc2cn3ccccc3n2)c1. The molecule has 0 saturated heterocycles. The van der Waals surface area contributed by atoms with E-state index in [2.05, 4.69) is 4.98 Å². The monoisotopic (exact) mass is 270 g/mol. The molecule has 0 bridgehead atoms. The molecule has 0 fully saturated rings. The van der Waals surface area contributed by atoms with Crippen LogP contribution in [0.15, 0.2) is 48.8 Å². The van der Waals surface area contributed by atoms with Gasteiger partial charge in [-0.2, -0.15) is 0 Å². The van der Waals surface area contributed by atoms with Crippen LogP contribution < -0.4 is 4.74 Å². The van der Waals surface area contributed by atoms with Crippen LogP contribution in [-0.2, 0) is 6.61 Å². The van der Waals surface area contributed by atoms with Crippen molar-refractivity contribution in [2.24, 2.45) is 0 Å². The van der Waals surface area contributed by atoms with Gasteiger partial charge in [0.2, 0.25) is 0 Å². The number of pyridine rings is 1. The van der Waals surface area contributed by atoms with Crippen molar-refractivity contribution in [3.05, 3.63) is 65.9 Å². The van der Waals surface area contributed by atoms with Gasteiger partial charge in [0.25, 0.3) is 0 Å². The first-order valence-electron chi connectivity index (χ1n) is 6.06. The molecule has 0 saturated carbocycles. The predicted molar refractivity (Wildman–Crippen MR) is 71.3 cm³/mol. The van der Waals surface area contributed by atoms with Crippen LogP contribution in [0.1, 0.15) is 16.1 Å². The van der Waals surface area contributed by atoms with E-state index < -0.39 is 5.82 Å². The van der Waals surface area contributed by atoms with Crippen LogP contribution in [-0.4, -0.2) is 15.7 Å². The molecule has 3 aromatic rings. The van der Waals surface area contributed by atoms with Crippen molar-refractivity contribution >= 4 is 11.9 Å². The van der Waals surface area contributed by atoms with Gasteiger partial charge in [0, 0.05) is 24.0 Å². The number of rotatable bonds is 4. The first-order valence-corrected chi connectivity index (χ1v) is 6.06. The molecule has 0 unspecified atom stereocenters. The Morgan fingerprint density at radius 3 is 3.00 bits per heavy atom. The standard InChI is InChI=1S/C15H11FN2O2/c16-12-5-11(9-19)6-14(7-12)20-10-13-8-18-4-2-1-3-15(18)17-13/h1-9H,10H2. The van der Waals surface area contributed by atoms with E-state index in [-0.39, 0.29) is 12.2 Å². The van der Waals surface area contributed by atoms with Gasteiger partial charge in [0.15, 0.2) is 0 Å². The number of hydrogen-bond donors (Lipinski definition) is 0. The topological polar surface area (TPSA) is 43.6 Å². The third kappa shape index (κ3) is 2.51. The summed E-state index contributed by atoms with van der Waals surface area (Å²) in [7, 11) is 0. The van der Waals surface area contributed by atoms with Gasteiger partial charge in [0.05, 0.1) is 5.69 Å². The van der Waals surface area contributed by atoms with Gasteiger partial charge in [-0.1, -0.05) is 6.07 Å². The zero-order valence-electron chi connectivity index (χ0n) is 10.5. The number of hydrogen-bond acceptors (Lipinski definition) is 3. The number of aromatic nitrogens is 2. The molecule has 0 spiro atoms. The maximum atomic E-state index is 13.2. The third-order valence-electron chi connectivity index (χ3n) is 2.83. The van der Waals surface area contributed by atoms with Gasteiger partial charge in [-0.3, -0.25) is 4.79 Å². The molecule has 1 aromatic carbocycles. The van der Waals surface area contributed by atoms with Crippen LogP contribution in [0, 0.1) is 5.82 Å². The number of ether oxygens (including phenoxy) is 1. The lowest BCUT2D eigenvalue weighted by molar-refractivity contribution is 0.112. The molecular formula is C15H11FN2O2. The summed E-state index contributed by atoms with van der Waals surface area (Å²) in [6, 6.07) is 9.58. The molecule has 0 radical (unpaired) electrons. The summed E-state index contributed by atoms with van der Waals surface area (Å²) in [4.78, 5) is 15.0. The average molecular weight is 270 g/mol. The predicted octanol–water partition coefficient (Wildman–Crippen LogP) is 2.86. The summed E-state index contributed by atoms with van der Waals surface area (Å²) in [6.07, 6.45) is 4.31. The van der Waals surface area contributed by atoms with Gasteiger partial charge in [-0.05, 0) is 24.3 Å². The smallest absolute Gasteiger partial charge is 0.150 e. The summed E-state index contributed by atoms with van der Waals surface area (Å²) in [5, 5.41) is 0. The molecule has 2 heterocycles. The van der Waals surface area contributed by atoms with E-state index in [1.165, 1.54) is 12.1 Å². The Balaban J connectivity index is 1.78. The van der Waals surface area contributed by atoms with Crippen molar-refractivity contribution in [3.8, 4) is 5.75 Å². The molecule has 0 aliphatic rings. The second-order valence-electron chi connectivity index (χ2n) is 4.33. The molecule has 3 rings (SSSR count). The highest BCUT2D eigenvalue weighted by Gasteiger charge is 2.04. The number of aldehydes is 1. The van der Waals surface area contributed by atoms with Crippen molar-refractivity contribution in [1.82, 2.24) is 9.38 Å². The first-order chi connectivity index (χ1) is 9.74. The number of carbonyl (C=O) groups excluding carboxylic acids is 1. The Morgan fingerprint density at radius 2 is 2.20 bits per heavy atom. The zero-order valence-corrected chi connectivity index (χ0v) is 10.5. The fourth-order valence-electron chi connectivity index (χ4n) is 1.95. The molecule has 0 amide bonds. The van der Waals surface area contributed by atoms with Crippen LogP contribution in [0.25, 0.3) is 5.65 Å². The molecule has 2 aromatic heterocycles. The number of halogens is 1. The minimum atomic E-state index is -0.500. The fraction of sp³-hybridized carbons (Fsp3) is 0.0667. The maximum Gasteiger partial charge on any atom is 0.150 e. The number of carbonyl (C=O) groups is 1. The Kier molecular flexibility index (Phi) is 3.16. The van der Waals surface area contributed by atoms with Crippen LogP contribution in [0.3, 0.4) is 0 Å². The fourth-order valence-corrected chi connectivity index (χ4v) is 1.95. The van der Waals surface area contributed by atoms with Crippen LogP contribution in [0.2, 0.25) is 0 Å². The molecule has 0 aliphatic carbocycles. The van der Waals surface area contributed by atoms with Crippen molar-refractivity contribution in [3.63, 3.8) is 0 Å². The first kappa shape index (κ1) is 12.3. The summed E-state index contributed by atoms with van der Waals surface area (Å²) >= 11 is 0. The lowest BCUT2D eigenvalue weighted by atomic mass is 10.2. The number of imidazole rings is 1. The Morgan fingerprint density at radius 1 is 1.30 bits per heavy atom. The molecular weight excluding hydrogens is 259 g/mol. The van der Waals surface area contributed by atoms with Crippen LogP contribution in [0.4, 0.5) is 4.39 Å².